The molecule has 0 aliphatic heterocycles. The molecule has 0 aromatic heterocycles. The van der Waals surface area contributed by atoms with Gasteiger partial charge in [0.05, 0.1) is 0 Å². The Labute approximate surface area is 165 Å². The van der Waals surface area contributed by atoms with Crippen molar-refractivity contribution in [3.63, 3.8) is 0 Å². The molecule has 0 spiro atoms. The lowest BCUT2D eigenvalue weighted by molar-refractivity contribution is -0.134. The third-order valence-electron chi connectivity index (χ3n) is 5.04. The number of carbonyl (C=O) groups excluding carboxylic acids is 2. The molecule has 0 saturated heterocycles. The molecule has 1 aliphatic carbocycles. The number of benzene rings is 2. The van der Waals surface area contributed by atoms with Gasteiger partial charge in [-0.1, -0.05) is 55.8 Å². The minimum Gasteiger partial charge on any atom is -0.355 e. The first-order valence-electron chi connectivity index (χ1n) is 9.35. The van der Waals surface area contributed by atoms with Gasteiger partial charge in [0.2, 0.25) is 11.8 Å². The fourth-order valence-corrected chi connectivity index (χ4v) is 3.43. The molecule has 1 aliphatic rings. The van der Waals surface area contributed by atoms with E-state index in [4.69, 9.17) is 11.6 Å². The Balaban J connectivity index is 1.59. The summed E-state index contributed by atoms with van der Waals surface area (Å²) in [5, 5.41) is 6.57. The number of rotatable bonds is 7. The van der Waals surface area contributed by atoms with Gasteiger partial charge in [0, 0.05) is 17.3 Å². The summed E-state index contributed by atoms with van der Waals surface area (Å²) in [4.78, 5) is 25.4. The van der Waals surface area contributed by atoms with Gasteiger partial charge >= 0.3 is 0 Å². The molecule has 2 amide bonds. The van der Waals surface area contributed by atoms with Gasteiger partial charge in [0.1, 0.15) is 5.41 Å². The molecule has 2 aromatic rings. The zero-order valence-corrected chi connectivity index (χ0v) is 16.5. The third-order valence-corrected chi connectivity index (χ3v) is 5.27. The van der Waals surface area contributed by atoms with Crippen LogP contribution >= 0.6 is 11.6 Å². The van der Waals surface area contributed by atoms with Crippen LogP contribution in [0.5, 0.6) is 0 Å². The minimum absolute atomic E-state index is 0.191. The lowest BCUT2D eigenvalue weighted by Gasteiger charge is -2.18. The summed E-state index contributed by atoms with van der Waals surface area (Å²) >= 11 is 5.98. The minimum atomic E-state index is -0.932. The van der Waals surface area contributed by atoms with E-state index in [1.165, 1.54) is 0 Å². The number of nitrogens with one attached hydrogen (secondary N) is 2. The highest BCUT2D eigenvalue weighted by molar-refractivity contribution is 6.30. The van der Waals surface area contributed by atoms with Gasteiger partial charge in [-0.3, -0.25) is 9.59 Å². The summed E-state index contributed by atoms with van der Waals surface area (Å²) in [7, 11) is 0. The Morgan fingerprint density at radius 2 is 1.81 bits per heavy atom. The average Bonchev–Trinajstić information content (AvgIpc) is 3.44. The van der Waals surface area contributed by atoms with Gasteiger partial charge < -0.3 is 10.6 Å². The van der Waals surface area contributed by atoms with Crippen molar-refractivity contribution in [2.75, 3.05) is 11.9 Å². The predicted octanol–water partition coefficient (Wildman–Crippen LogP) is 4.54. The molecule has 0 radical (unpaired) electrons. The Bertz CT molecular complexity index is 844. The van der Waals surface area contributed by atoms with Gasteiger partial charge in [0.25, 0.3) is 0 Å². The highest BCUT2D eigenvalue weighted by Crippen LogP contribution is 2.47. The summed E-state index contributed by atoms with van der Waals surface area (Å²) < 4.78 is 0. The first kappa shape index (κ1) is 19.4. The second-order valence-corrected chi connectivity index (χ2v) is 7.85. The molecular weight excluding hydrogens is 360 g/mol. The number of halogens is 1. The highest BCUT2D eigenvalue weighted by Gasteiger charge is 2.56. The van der Waals surface area contributed by atoms with Crippen molar-refractivity contribution in [3.05, 3.63) is 64.7 Å². The molecule has 0 unspecified atom stereocenters. The van der Waals surface area contributed by atoms with Gasteiger partial charge in [0.15, 0.2) is 0 Å². The van der Waals surface area contributed by atoms with E-state index in [9.17, 15) is 9.59 Å². The molecule has 0 heterocycles. The Kier molecular flexibility index (Phi) is 5.85. The molecule has 3 rings (SSSR count). The van der Waals surface area contributed by atoms with E-state index < -0.39 is 5.41 Å². The van der Waals surface area contributed by atoms with Crippen molar-refractivity contribution in [1.29, 1.82) is 0 Å². The van der Waals surface area contributed by atoms with E-state index in [-0.39, 0.29) is 11.8 Å². The van der Waals surface area contributed by atoms with E-state index in [0.717, 1.165) is 16.8 Å². The molecule has 142 valence electrons. The Morgan fingerprint density at radius 1 is 1.07 bits per heavy atom. The zero-order valence-electron chi connectivity index (χ0n) is 15.7. The quantitative estimate of drug-likeness (QED) is 0.688. The van der Waals surface area contributed by atoms with Crippen LogP contribution in [0.4, 0.5) is 5.69 Å². The number of para-hydroxylation sites is 1. The molecule has 27 heavy (non-hydrogen) atoms. The Hall–Kier alpha value is -2.33. The molecule has 4 nitrogen and oxygen atoms in total. The van der Waals surface area contributed by atoms with E-state index in [0.29, 0.717) is 36.7 Å². The summed E-state index contributed by atoms with van der Waals surface area (Å²) in [6.45, 7) is 4.65. The molecule has 2 aromatic carbocycles. The number of carbonyl (C=O) groups is 2. The topological polar surface area (TPSA) is 58.2 Å². The number of amides is 2. The van der Waals surface area contributed by atoms with E-state index in [1.807, 2.05) is 48.5 Å². The average molecular weight is 385 g/mol. The third kappa shape index (κ3) is 4.51. The SMILES string of the molecule is CC(C)c1ccccc1NC(=O)C1(C(=O)NCCc2cccc(Cl)c2)CC1. The summed E-state index contributed by atoms with van der Waals surface area (Å²) in [6, 6.07) is 15.3. The van der Waals surface area contributed by atoms with Crippen LogP contribution < -0.4 is 10.6 Å². The largest absolute Gasteiger partial charge is 0.355 e. The smallest absolute Gasteiger partial charge is 0.240 e. The van der Waals surface area contributed by atoms with Crippen LogP contribution in [-0.4, -0.2) is 18.4 Å². The van der Waals surface area contributed by atoms with Crippen molar-refractivity contribution in [1.82, 2.24) is 5.32 Å². The van der Waals surface area contributed by atoms with Crippen LogP contribution in [-0.2, 0) is 16.0 Å². The number of anilines is 1. The van der Waals surface area contributed by atoms with Gasteiger partial charge in [-0.2, -0.15) is 0 Å². The maximum absolute atomic E-state index is 12.8. The van der Waals surface area contributed by atoms with Crippen molar-refractivity contribution >= 4 is 29.1 Å². The first-order valence-corrected chi connectivity index (χ1v) is 9.73. The molecular formula is C22H25ClN2O2. The summed E-state index contributed by atoms with van der Waals surface area (Å²) in [6.07, 6.45) is 1.86. The van der Waals surface area contributed by atoms with Crippen LogP contribution in [0.15, 0.2) is 48.5 Å². The monoisotopic (exact) mass is 384 g/mol. The van der Waals surface area contributed by atoms with E-state index in [2.05, 4.69) is 24.5 Å². The second-order valence-electron chi connectivity index (χ2n) is 7.41. The lowest BCUT2D eigenvalue weighted by Crippen LogP contribution is -2.40. The normalized spacial score (nSPS) is 14.7. The van der Waals surface area contributed by atoms with Crippen LogP contribution in [0.2, 0.25) is 5.02 Å². The summed E-state index contributed by atoms with van der Waals surface area (Å²) in [5.74, 6) is -0.108. The molecule has 0 bridgehead atoms. The van der Waals surface area contributed by atoms with Crippen molar-refractivity contribution < 1.29 is 9.59 Å². The molecule has 2 N–H and O–H groups in total. The molecule has 0 atom stereocenters. The van der Waals surface area contributed by atoms with Gasteiger partial charge in [-0.25, -0.2) is 0 Å². The Morgan fingerprint density at radius 3 is 2.48 bits per heavy atom. The maximum atomic E-state index is 12.8. The fourth-order valence-electron chi connectivity index (χ4n) is 3.22. The molecule has 1 fully saturated rings. The maximum Gasteiger partial charge on any atom is 0.240 e. The fraction of sp³-hybridized carbons (Fsp3) is 0.364. The molecule has 1 saturated carbocycles. The summed E-state index contributed by atoms with van der Waals surface area (Å²) in [5.41, 5.74) is 1.99. The zero-order chi connectivity index (χ0) is 19.4. The van der Waals surface area contributed by atoms with Crippen LogP contribution in [0.25, 0.3) is 0 Å². The van der Waals surface area contributed by atoms with Gasteiger partial charge in [-0.15, -0.1) is 0 Å². The first-order chi connectivity index (χ1) is 12.9. The van der Waals surface area contributed by atoms with Crippen LogP contribution in [0.1, 0.15) is 43.7 Å². The van der Waals surface area contributed by atoms with E-state index in [1.54, 1.807) is 0 Å². The second kappa shape index (κ2) is 8.13. The standard InChI is InChI=1S/C22H25ClN2O2/c1-15(2)18-8-3-4-9-19(18)25-21(27)22(11-12-22)20(26)24-13-10-16-6-5-7-17(23)14-16/h3-9,14-15H,10-13H2,1-2H3,(H,24,26)(H,25,27). The molecule has 5 heteroatoms. The van der Waals surface area contributed by atoms with Crippen LogP contribution in [0, 0.1) is 5.41 Å². The highest BCUT2D eigenvalue weighted by atomic mass is 35.5. The number of hydrogen-bond donors (Lipinski definition) is 2. The van der Waals surface area contributed by atoms with E-state index >= 15 is 0 Å². The van der Waals surface area contributed by atoms with Crippen LogP contribution in [0.3, 0.4) is 0 Å². The number of hydrogen-bond acceptors (Lipinski definition) is 2. The lowest BCUT2D eigenvalue weighted by atomic mass is 9.99. The van der Waals surface area contributed by atoms with Crippen molar-refractivity contribution in [2.45, 2.75) is 39.0 Å². The van der Waals surface area contributed by atoms with Crippen molar-refractivity contribution in [3.8, 4) is 0 Å². The van der Waals surface area contributed by atoms with Crippen molar-refractivity contribution in [2.24, 2.45) is 5.41 Å². The predicted molar refractivity (Wildman–Crippen MR) is 109 cm³/mol. The van der Waals surface area contributed by atoms with Gasteiger partial charge in [-0.05, 0) is 54.5 Å².